The van der Waals surface area contributed by atoms with Gasteiger partial charge in [0.05, 0.1) is 22.1 Å². The van der Waals surface area contributed by atoms with Crippen molar-refractivity contribution in [3.63, 3.8) is 0 Å². The van der Waals surface area contributed by atoms with E-state index in [1.54, 1.807) is 0 Å². The number of fused-ring (bicyclic) bond motifs is 6. The quantitative estimate of drug-likeness (QED) is 0.281. The molecule has 5 aromatic rings. The first-order valence-corrected chi connectivity index (χ1v) is 11.7. The minimum Gasteiger partial charge on any atom is -0.372 e. The van der Waals surface area contributed by atoms with Crippen molar-refractivity contribution in [1.82, 2.24) is 19.9 Å². The summed E-state index contributed by atoms with van der Waals surface area (Å²) in [5.41, 5.74) is 6.14. The van der Waals surface area contributed by atoms with Crippen LogP contribution in [0.2, 0.25) is 0 Å². The average molecular weight is 424 g/mol. The summed E-state index contributed by atoms with van der Waals surface area (Å²) in [6, 6.07) is 16.9. The van der Waals surface area contributed by atoms with Crippen molar-refractivity contribution in [3.05, 3.63) is 60.9 Å². The van der Waals surface area contributed by atoms with Gasteiger partial charge in [0, 0.05) is 47.5 Å². The Hall–Kier alpha value is -3.47. The van der Waals surface area contributed by atoms with Crippen LogP contribution in [0.25, 0.3) is 44.2 Å². The number of unbranched alkanes of at least 4 members (excludes halogenated alkanes) is 2. The molecule has 0 saturated heterocycles. The lowest BCUT2D eigenvalue weighted by atomic mass is 10.1. The van der Waals surface area contributed by atoms with Crippen LogP contribution in [0.1, 0.15) is 39.5 Å². The first-order chi connectivity index (χ1) is 15.8. The van der Waals surface area contributed by atoms with Gasteiger partial charge in [0.1, 0.15) is 5.82 Å². The molecule has 0 fully saturated rings. The SMILES string of the molecule is CCCCN(CCCC)c1ccc(-c2nc3c4cccnc4c4ncccc4c3[nH]2)cc1. The molecule has 0 saturated carbocycles. The Bertz CT molecular complexity index is 1270. The van der Waals surface area contributed by atoms with Crippen molar-refractivity contribution >= 4 is 38.5 Å². The number of aromatic amines is 1. The predicted octanol–water partition coefficient (Wildman–Crippen LogP) is 6.73. The van der Waals surface area contributed by atoms with E-state index in [1.165, 1.54) is 31.4 Å². The topological polar surface area (TPSA) is 57.7 Å². The number of hydrogen-bond donors (Lipinski definition) is 1. The van der Waals surface area contributed by atoms with Crippen LogP contribution >= 0.6 is 0 Å². The normalized spacial score (nSPS) is 11.6. The van der Waals surface area contributed by atoms with Gasteiger partial charge in [0.25, 0.3) is 0 Å². The van der Waals surface area contributed by atoms with Crippen LogP contribution in [0, 0.1) is 0 Å². The monoisotopic (exact) mass is 423 g/mol. The molecular weight excluding hydrogens is 394 g/mol. The van der Waals surface area contributed by atoms with Crippen LogP contribution in [-0.2, 0) is 0 Å². The van der Waals surface area contributed by atoms with Crippen molar-refractivity contribution in [2.24, 2.45) is 0 Å². The number of anilines is 1. The second kappa shape index (κ2) is 8.95. The number of rotatable bonds is 8. The van der Waals surface area contributed by atoms with E-state index < -0.39 is 0 Å². The highest BCUT2D eigenvalue weighted by Gasteiger charge is 2.15. The Balaban J connectivity index is 1.56. The van der Waals surface area contributed by atoms with E-state index in [9.17, 15) is 0 Å². The Labute approximate surface area is 188 Å². The molecule has 32 heavy (non-hydrogen) atoms. The number of pyridine rings is 2. The maximum atomic E-state index is 5.00. The van der Waals surface area contributed by atoms with Crippen LogP contribution in [0.3, 0.4) is 0 Å². The average Bonchev–Trinajstić information content (AvgIpc) is 3.31. The van der Waals surface area contributed by atoms with Crippen LogP contribution in [0.15, 0.2) is 60.9 Å². The number of hydrogen-bond acceptors (Lipinski definition) is 4. The third-order valence-electron chi connectivity index (χ3n) is 6.14. The van der Waals surface area contributed by atoms with E-state index in [-0.39, 0.29) is 0 Å². The molecule has 3 heterocycles. The fourth-order valence-electron chi connectivity index (χ4n) is 4.38. The highest BCUT2D eigenvalue weighted by molar-refractivity contribution is 6.21. The molecule has 0 radical (unpaired) electrons. The summed E-state index contributed by atoms with van der Waals surface area (Å²) in [7, 11) is 0. The lowest BCUT2D eigenvalue weighted by Gasteiger charge is -2.24. The number of nitrogens with one attached hydrogen (secondary N) is 1. The van der Waals surface area contributed by atoms with Crippen molar-refractivity contribution in [2.75, 3.05) is 18.0 Å². The summed E-state index contributed by atoms with van der Waals surface area (Å²) >= 11 is 0. The molecule has 1 N–H and O–H groups in total. The zero-order valence-electron chi connectivity index (χ0n) is 18.8. The fourth-order valence-corrected chi connectivity index (χ4v) is 4.38. The predicted molar refractivity (Wildman–Crippen MR) is 134 cm³/mol. The number of imidazole rings is 1. The third kappa shape index (κ3) is 3.68. The van der Waals surface area contributed by atoms with Gasteiger partial charge in [-0.1, -0.05) is 26.7 Å². The van der Waals surface area contributed by atoms with Crippen LogP contribution in [-0.4, -0.2) is 33.0 Å². The van der Waals surface area contributed by atoms with Gasteiger partial charge >= 0.3 is 0 Å². The number of nitrogens with zero attached hydrogens (tertiary/aromatic N) is 4. The molecule has 162 valence electrons. The molecule has 0 aliphatic carbocycles. The van der Waals surface area contributed by atoms with Crippen molar-refractivity contribution < 1.29 is 0 Å². The molecule has 0 aliphatic rings. The molecule has 0 spiro atoms. The lowest BCUT2D eigenvalue weighted by Crippen LogP contribution is -2.25. The van der Waals surface area contributed by atoms with Crippen molar-refractivity contribution in [1.29, 1.82) is 0 Å². The molecule has 5 nitrogen and oxygen atoms in total. The molecule has 5 heteroatoms. The Morgan fingerprint density at radius 1 is 0.750 bits per heavy atom. The summed E-state index contributed by atoms with van der Waals surface area (Å²) in [4.78, 5) is 20.3. The molecule has 0 bridgehead atoms. The van der Waals surface area contributed by atoms with E-state index in [2.05, 4.69) is 70.1 Å². The maximum Gasteiger partial charge on any atom is 0.138 e. The first kappa shape index (κ1) is 20.4. The second-order valence-corrected chi connectivity index (χ2v) is 8.35. The van der Waals surface area contributed by atoms with E-state index >= 15 is 0 Å². The summed E-state index contributed by atoms with van der Waals surface area (Å²) < 4.78 is 0. The largest absolute Gasteiger partial charge is 0.372 e. The Morgan fingerprint density at radius 3 is 2.03 bits per heavy atom. The minimum atomic E-state index is 0.877. The zero-order valence-corrected chi connectivity index (χ0v) is 18.8. The number of aromatic nitrogens is 4. The van der Waals surface area contributed by atoms with E-state index in [0.29, 0.717) is 0 Å². The number of benzene rings is 2. The van der Waals surface area contributed by atoms with Gasteiger partial charge in [-0.15, -0.1) is 0 Å². The van der Waals surface area contributed by atoms with Gasteiger partial charge < -0.3 is 9.88 Å². The molecular formula is C27H29N5. The van der Waals surface area contributed by atoms with E-state index in [1.807, 2.05) is 24.5 Å². The summed E-state index contributed by atoms with van der Waals surface area (Å²) in [5.74, 6) is 0.877. The van der Waals surface area contributed by atoms with Gasteiger partial charge in [-0.05, 0) is 61.4 Å². The molecule has 0 atom stereocenters. The highest BCUT2D eigenvalue weighted by Crippen LogP contribution is 2.33. The van der Waals surface area contributed by atoms with Crippen LogP contribution < -0.4 is 4.90 Å². The maximum absolute atomic E-state index is 5.00. The van der Waals surface area contributed by atoms with Crippen molar-refractivity contribution in [2.45, 2.75) is 39.5 Å². The minimum absolute atomic E-state index is 0.877. The third-order valence-corrected chi connectivity index (χ3v) is 6.14. The standard InChI is InChI=1S/C27H29N5/c1-3-5-17-32(18-6-4-2)20-13-11-19(12-14-20)27-30-25-21-9-7-15-28-23(21)24-22(26(25)31-27)10-8-16-29-24/h7-16H,3-6,17-18H2,1-2H3,(H,30,31). The molecule has 0 amide bonds. The van der Waals surface area contributed by atoms with E-state index in [0.717, 1.165) is 57.3 Å². The van der Waals surface area contributed by atoms with Crippen LogP contribution in [0.5, 0.6) is 0 Å². The molecule has 5 rings (SSSR count). The molecule has 0 aliphatic heterocycles. The van der Waals surface area contributed by atoms with Gasteiger partial charge in [-0.2, -0.15) is 0 Å². The van der Waals surface area contributed by atoms with Gasteiger partial charge in [0.15, 0.2) is 0 Å². The van der Waals surface area contributed by atoms with E-state index in [4.69, 9.17) is 4.98 Å². The summed E-state index contributed by atoms with van der Waals surface area (Å²) in [6.45, 7) is 6.72. The fraction of sp³-hybridized carbons (Fsp3) is 0.296. The number of H-pyrrole nitrogens is 1. The van der Waals surface area contributed by atoms with Crippen molar-refractivity contribution in [3.8, 4) is 11.4 Å². The smallest absolute Gasteiger partial charge is 0.138 e. The summed E-state index contributed by atoms with van der Waals surface area (Å²) in [5, 5.41) is 2.08. The van der Waals surface area contributed by atoms with Gasteiger partial charge in [0.2, 0.25) is 0 Å². The van der Waals surface area contributed by atoms with Crippen LogP contribution in [0.4, 0.5) is 5.69 Å². The first-order valence-electron chi connectivity index (χ1n) is 11.7. The zero-order chi connectivity index (χ0) is 21.9. The highest BCUT2D eigenvalue weighted by atomic mass is 15.1. The van der Waals surface area contributed by atoms with Gasteiger partial charge in [-0.25, -0.2) is 4.98 Å². The summed E-state index contributed by atoms with van der Waals surface area (Å²) in [6.07, 6.45) is 8.50. The Kier molecular flexibility index (Phi) is 5.71. The molecule has 0 unspecified atom stereocenters. The lowest BCUT2D eigenvalue weighted by molar-refractivity contribution is 0.678. The molecule has 2 aromatic carbocycles. The molecule has 3 aromatic heterocycles. The second-order valence-electron chi connectivity index (χ2n) is 8.35. The Morgan fingerprint density at radius 2 is 1.38 bits per heavy atom. The van der Waals surface area contributed by atoms with Gasteiger partial charge in [-0.3, -0.25) is 9.97 Å².